The number of ether oxygens (including phenoxy) is 2. The average molecular weight is 254 g/mol. The molecule has 1 saturated carbocycles. The van der Waals surface area contributed by atoms with E-state index in [9.17, 15) is 9.18 Å². The number of carbonyl (C=O) groups is 1. The van der Waals surface area contributed by atoms with Gasteiger partial charge < -0.3 is 20.5 Å². The Hall–Kier alpha value is -1.82. The second-order valence-electron chi connectivity index (χ2n) is 4.17. The van der Waals surface area contributed by atoms with Crippen molar-refractivity contribution in [3.63, 3.8) is 0 Å². The number of nitrogens with one attached hydrogen (secondary N) is 1. The van der Waals surface area contributed by atoms with Gasteiger partial charge in [-0.15, -0.1) is 0 Å². The number of carbonyl (C=O) groups excluding carboxylic acids is 1. The first kappa shape index (κ1) is 12.6. The molecule has 1 aromatic rings. The lowest BCUT2D eigenvalue weighted by Crippen LogP contribution is -2.12. The van der Waals surface area contributed by atoms with Gasteiger partial charge in [-0.3, -0.25) is 0 Å². The van der Waals surface area contributed by atoms with Crippen molar-refractivity contribution in [2.45, 2.75) is 18.6 Å². The summed E-state index contributed by atoms with van der Waals surface area (Å²) in [6, 6.07) is 2.56. The summed E-state index contributed by atoms with van der Waals surface area (Å²) in [5, 5.41) is 2.96. The van der Waals surface area contributed by atoms with Gasteiger partial charge in [0.2, 0.25) is 0 Å². The van der Waals surface area contributed by atoms with Crippen LogP contribution < -0.4 is 11.1 Å². The molecule has 18 heavy (non-hydrogen) atoms. The molecule has 0 amide bonds. The Morgan fingerprint density at radius 1 is 1.50 bits per heavy atom. The molecule has 0 unspecified atom stereocenters. The Morgan fingerprint density at radius 2 is 2.22 bits per heavy atom. The highest BCUT2D eigenvalue weighted by Gasteiger charge is 2.38. The van der Waals surface area contributed by atoms with E-state index in [0.717, 1.165) is 12.5 Å². The average Bonchev–Trinajstić information content (AvgIpc) is 3.11. The SMILES string of the molecule is COC(=O)c1cc(N)c(N[C@H]2C[C@@H]2OC)c(F)c1. The Balaban J connectivity index is 2.19. The topological polar surface area (TPSA) is 73.6 Å². The number of hydrogen-bond donors (Lipinski definition) is 2. The van der Waals surface area contributed by atoms with Crippen LogP contribution in [0.4, 0.5) is 15.8 Å². The van der Waals surface area contributed by atoms with Crippen LogP contribution in [0.1, 0.15) is 16.8 Å². The van der Waals surface area contributed by atoms with Crippen molar-refractivity contribution in [1.82, 2.24) is 0 Å². The van der Waals surface area contributed by atoms with Crippen LogP contribution >= 0.6 is 0 Å². The van der Waals surface area contributed by atoms with Gasteiger partial charge in [-0.25, -0.2) is 9.18 Å². The van der Waals surface area contributed by atoms with Gasteiger partial charge in [0.1, 0.15) is 5.82 Å². The number of rotatable bonds is 4. The summed E-state index contributed by atoms with van der Waals surface area (Å²) < 4.78 is 23.5. The largest absolute Gasteiger partial charge is 0.465 e. The van der Waals surface area contributed by atoms with Crippen molar-refractivity contribution in [3.8, 4) is 0 Å². The molecule has 98 valence electrons. The molecule has 1 aliphatic rings. The van der Waals surface area contributed by atoms with Crippen LogP contribution in [0.5, 0.6) is 0 Å². The van der Waals surface area contributed by atoms with Crippen molar-refractivity contribution < 1.29 is 18.7 Å². The summed E-state index contributed by atoms with van der Waals surface area (Å²) in [5.74, 6) is -1.19. The van der Waals surface area contributed by atoms with Crippen LogP contribution in [0.25, 0.3) is 0 Å². The molecule has 3 N–H and O–H groups in total. The highest BCUT2D eigenvalue weighted by atomic mass is 19.1. The predicted molar refractivity (Wildman–Crippen MR) is 65.0 cm³/mol. The van der Waals surface area contributed by atoms with Crippen molar-refractivity contribution in [2.75, 3.05) is 25.3 Å². The lowest BCUT2D eigenvalue weighted by Gasteiger charge is -2.11. The molecule has 1 aliphatic carbocycles. The number of benzene rings is 1. The second-order valence-corrected chi connectivity index (χ2v) is 4.17. The summed E-state index contributed by atoms with van der Waals surface area (Å²) in [5.41, 5.74) is 6.20. The highest BCUT2D eigenvalue weighted by Crippen LogP contribution is 2.33. The van der Waals surface area contributed by atoms with E-state index in [1.54, 1.807) is 7.11 Å². The first-order valence-electron chi connectivity index (χ1n) is 5.53. The normalized spacial score (nSPS) is 21.5. The lowest BCUT2D eigenvalue weighted by molar-refractivity contribution is 0.0600. The number of methoxy groups -OCH3 is 2. The van der Waals surface area contributed by atoms with Gasteiger partial charge >= 0.3 is 5.97 Å². The van der Waals surface area contributed by atoms with Crippen LogP contribution in [0.3, 0.4) is 0 Å². The number of nitrogen functional groups attached to an aromatic ring is 1. The lowest BCUT2D eigenvalue weighted by atomic mass is 10.1. The predicted octanol–water partition coefficient (Wildman–Crippen LogP) is 1.39. The zero-order valence-corrected chi connectivity index (χ0v) is 10.2. The fourth-order valence-electron chi connectivity index (χ4n) is 1.79. The van der Waals surface area contributed by atoms with Crippen LogP contribution in [0.15, 0.2) is 12.1 Å². The third kappa shape index (κ3) is 2.38. The van der Waals surface area contributed by atoms with Crippen LogP contribution in [-0.2, 0) is 9.47 Å². The summed E-state index contributed by atoms with van der Waals surface area (Å²) >= 11 is 0. The van der Waals surface area contributed by atoms with Crippen molar-refractivity contribution in [1.29, 1.82) is 0 Å². The van der Waals surface area contributed by atoms with Crippen LogP contribution in [-0.4, -0.2) is 32.3 Å². The van der Waals surface area contributed by atoms with E-state index in [-0.39, 0.29) is 29.1 Å². The number of anilines is 2. The standard InChI is InChI=1S/C12H15FN2O3/c1-17-10-5-9(10)15-11-7(13)3-6(4-8(11)14)12(16)18-2/h3-4,9-10,15H,5,14H2,1-2H3/t9-,10-/m0/s1. The Bertz CT molecular complexity index is 455. The van der Waals surface area contributed by atoms with E-state index >= 15 is 0 Å². The van der Waals surface area contributed by atoms with E-state index in [0.29, 0.717) is 0 Å². The molecule has 0 heterocycles. The van der Waals surface area contributed by atoms with E-state index in [2.05, 4.69) is 10.1 Å². The summed E-state index contributed by atoms with van der Waals surface area (Å²) in [6.45, 7) is 0. The molecule has 2 atom stereocenters. The smallest absolute Gasteiger partial charge is 0.338 e. The molecule has 0 bridgehead atoms. The van der Waals surface area contributed by atoms with E-state index in [1.807, 2.05) is 0 Å². The molecule has 0 radical (unpaired) electrons. The fourth-order valence-corrected chi connectivity index (χ4v) is 1.79. The quantitative estimate of drug-likeness (QED) is 0.627. The van der Waals surface area contributed by atoms with E-state index < -0.39 is 11.8 Å². The molecule has 1 fully saturated rings. The molecule has 5 nitrogen and oxygen atoms in total. The molecule has 0 aromatic heterocycles. The monoisotopic (exact) mass is 254 g/mol. The fraction of sp³-hybridized carbons (Fsp3) is 0.417. The van der Waals surface area contributed by atoms with E-state index in [4.69, 9.17) is 10.5 Å². The van der Waals surface area contributed by atoms with Crippen LogP contribution in [0, 0.1) is 5.82 Å². The third-order valence-corrected chi connectivity index (χ3v) is 2.91. The maximum atomic E-state index is 13.8. The van der Waals surface area contributed by atoms with Gasteiger partial charge in [0.25, 0.3) is 0 Å². The third-order valence-electron chi connectivity index (χ3n) is 2.91. The van der Waals surface area contributed by atoms with Gasteiger partial charge in [0, 0.05) is 7.11 Å². The van der Waals surface area contributed by atoms with Gasteiger partial charge in [0.05, 0.1) is 36.2 Å². The summed E-state index contributed by atoms with van der Waals surface area (Å²) in [6.07, 6.45) is 0.901. The summed E-state index contributed by atoms with van der Waals surface area (Å²) in [4.78, 5) is 11.3. The van der Waals surface area contributed by atoms with Crippen molar-refractivity contribution in [3.05, 3.63) is 23.5 Å². The van der Waals surface area contributed by atoms with Gasteiger partial charge in [-0.1, -0.05) is 0 Å². The number of esters is 1. The molecule has 0 saturated heterocycles. The minimum absolute atomic E-state index is 0.0655. The minimum Gasteiger partial charge on any atom is -0.465 e. The maximum absolute atomic E-state index is 13.8. The zero-order chi connectivity index (χ0) is 13.3. The maximum Gasteiger partial charge on any atom is 0.338 e. The molecular weight excluding hydrogens is 239 g/mol. The molecule has 1 aromatic carbocycles. The zero-order valence-electron chi connectivity index (χ0n) is 10.2. The Kier molecular flexibility index (Phi) is 3.38. The molecule has 2 rings (SSSR count). The number of halogens is 1. The Morgan fingerprint density at radius 3 is 2.72 bits per heavy atom. The molecular formula is C12H15FN2O3. The first-order valence-corrected chi connectivity index (χ1v) is 5.53. The van der Waals surface area contributed by atoms with Gasteiger partial charge in [0.15, 0.2) is 0 Å². The highest BCUT2D eigenvalue weighted by molar-refractivity contribution is 5.92. The van der Waals surface area contributed by atoms with Gasteiger partial charge in [-0.2, -0.15) is 0 Å². The second kappa shape index (κ2) is 4.81. The van der Waals surface area contributed by atoms with E-state index in [1.165, 1.54) is 13.2 Å². The van der Waals surface area contributed by atoms with Crippen molar-refractivity contribution >= 4 is 17.3 Å². The Labute approximate surface area is 104 Å². The molecule has 0 spiro atoms. The number of hydrogen-bond acceptors (Lipinski definition) is 5. The summed E-state index contributed by atoms with van der Waals surface area (Å²) in [7, 11) is 2.84. The first-order chi connectivity index (χ1) is 8.56. The van der Waals surface area contributed by atoms with Crippen molar-refractivity contribution in [2.24, 2.45) is 0 Å². The van der Waals surface area contributed by atoms with Gasteiger partial charge in [-0.05, 0) is 18.6 Å². The van der Waals surface area contributed by atoms with Crippen LogP contribution in [0.2, 0.25) is 0 Å². The number of nitrogens with two attached hydrogens (primary N) is 1. The molecule has 6 heteroatoms. The minimum atomic E-state index is -0.617. The molecule has 0 aliphatic heterocycles.